The topological polar surface area (TPSA) is 93.2 Å². The van der Waals surface area contributed by atoms with Crippen LogP contribution in [0.2, 0.25) is 0 Å². The normalized spacial score (nSPS) is 14.9. The molecule has 2 heterocycles. The van der Waals surface area contributed by atoms with Gasteiger partial charge in [0, 0.05) is 29.4 Å². The predicted molar refractivity (Wildman–Crippen MR) is 110 cm³/mol. The van der Waals surface area contributed by atoms with Gasteiger partial charge in [-0.1, -0.05) is 6.07 Å². The van der Waals surface area contributed by atoms with Crippen molar-refractivity contribution in [2.75, 3.05) is 12.4 Å². The van der Waals surface area contributed by atoms with Crippen LogP contribution in [-0.2, 0) is 17.8 Å². The number of nitrogens with zero attached hydrogens (tertiary/aromatic N) is 2. The molecular weight excluding hydrogens is 388 g/mol. The van der Waals surface area contributed by atoms with E-state index in [1.807, 2.05) is 12.1 Å². The van der Waals surface area contributed by atoms with Crippen LogP contribution in [0.5, 0.6) is 5.75 Å². The Kier molecular flexibility index (Phi) is 5.53. The van der Waals surface area contributed by atoms with Gasteiger partial charge in [0.1, 0.15) is 5.75 Å². The minimum Gasteiger partial charge on any atom is -0.497 e. The summed E-state index contributed by atoms with van der Waals surface area (Å²) in [6.45, 7) is 0.434. The van der Waals surface area contributed by atoms with E-state index in [0.717, 1.165) is 29.0 Å². The van der Waals surface area contributed by atoms with E-state index in [9.17, 15) is 9.59 Å². The number of fused-ring (bicyclic) bond motifs is 1. The highest BCUT2D eigenvalue weighted by molar-refractivity contribution is 7.16. The fourth-order valence-electron chi connectivity index (χ4n) is 3.26. The predicted octanol–water partition coefficient (Wildman–Crippen LogP) is 3.15. The molecule has 2 N–H and O–H groups in total. The van der Waals surface area contributed by atoms with Crippen LogP contribution in [0.15, 0.2) is 48.8 Å². The number of methoxy groups -OCH3 is 1. The second-order valence-corrected chi connectivity index (χ2v) is 7.76. The molecule has 1 aliphatic carbocycles. The van der Waals surface area contributed by atoms with Gasteiger partial charge in [0.2, 0.25) is 5.91 Å². The molecule has 0 aliphatic heterocycles. The van der Waals surface area contributed by atoms with Crippen LogP contribution in [0.3, 0.4) is 0 Å². The lowest BCUT2D eigenvalue weighted by Gasteiger charge is -2.10. The highest BCUT2D eigenvalue weighted by Gasteiger charge is 2.32. The zero-order valence-corrected chi connectivity index (χ0v) is 16.7. The Morgan fingerprint density at radius 3 is 2.79 bits per heavy atom. The first-order valence-corrected chi connectivity index (χ1v) is 10.1. The molecule has 1 aliphatic rings. The molecule has 1 atom stereocenters. The second-order valence-electron chi connectivity index (χ2n) is 6.68. The van der Waals surface area contributed by atoms with Crippen LogP contribution in [0, 0.1) is 0 Å². The zero-order valence-electron chi connectivity index (χ0n) is 15.8. The van der Waals surface area contributed by atoms with Crippen LogP contribution in [0.4, 0.5) is 5.13 Å². The van der Waals surface area contributed by atoms with E-state index in [-0.39, 0.29) is 17.7 Å². The number of hydrogen-bond donors (Lipinski definition) is 2. The minimum atomic E-state index is -0.287. The Labute approximate surface area is 172 Å². The van der Waals surface area contributed by atoms with Crippen molar-refractivity contribution < 1.29 is 14.3 Å². The van der Waals surface area contributed by atoms with Crippen molar-refractivity contribution in [2.24, 2.45) is 0 Å². The van der Waals surface area contributed by atoms with Crippen molar-refractivity contribution >= 4 is 28.3 Å². The number of nitrogens with one attached hydrogen (secondary N) is 2. The van der Waals surface area contributed by atoms with Crippen molar-refractivity contribution in [3.8, 4) is 5.75 Å². The number of thiazole rings is 1. The number of carbonyl (C=O) groups is 2. The highest BCUT2D eigenvalue weighted by atomic mass is 32.1. The van der Waals surface area contributed by atoms with Crippen molar-refractivity contribution in [1.82, 2.24) is 15.3 Å². The summed E-state index contributed by atoms with van der Waals surface area (Å²) < 4.78 is 5.11. The molecule has 0 bridgehead atoms. The average molecular weight is 408 g/mol. The van der Waals surface area contributed by atoms with E-state index >= 15 is 0 Å². The second kappa shape index (κ2) is 8.40. The summed E-state index contributed by atoms with van der Waals surface area (Å²) in [6, 6.07) is 10.6. The number of anilines is 1. The molecule has 148 valence electrons. The summed E-state index contributed by atoms with van der Waals surface area (Å²) in [5.74, 6) is 0.114. The van der Waals surface area contributed by atoms with Gasteiger partial charge in [-0.3, -0.25) is 19.9 Å². The lowest BCUT2D eigenvalue weighted by atomic mass is 10.1. The maximum atomic E-state index is 12.6. The Morgan fingerprint density at radius 1 is 1.24 bits per heavy atom. The quantitative estimate of drug-likeness (QED) is 0.654. The fourth-order valence-corrected chi connectivity index (χ4v) is 4.30. The lowest BCUT2D eigenvalue weighted by Crippen LogP contribution is -2.28. The number of pyridine rings is 1. The van der Waals surface area contributed by atoms with E-state index in [1.54, 1.807) is 43.8 Å². The maximum Gasteiger partial charge on any atom is 0.257 e. The molecule has 0 saturated carbocycles. The van der Waals surface area contributed by atoms with Gasteiger partial charge in [-0.25, -0.2) is 4.98 Å². The van der Waals surface area contributed by atoms with Gasteiger partial charge in [0.25, 0.3) is 5.91 Å². The van der Waals surface area contributed by atoms with Crippen LogP contribution in [0.1, 0.15) is 38.8 Å². The molecule has 4 rings (SSSR count). The molecule has 1 aromatic carbocycles. The van der Waals surface area contributed by atoms with E-state index < -0.39 is 0 Å². The largest absolute Gasteiger partial charge is 0.497 e. The van der Waals surface area contributed by atoms with E-state index in [2.05, 4.69) is 20.6 Å². The SMILES string of the molecule is COc1ccc(C(=O)Nc2nc3c(s2)CC[C@@H]3C(=O)NCc2cccnc2)cc1. The van der Waals surface area contributed by atoms with Gasteiger partial charge < -0.3 is 10.1 Å². The summed E-state index contributed by atoms with van der Waals surface area (Å²) in [4.78, 5) is 34.7. The fraction of sp³-hybridized carbons (Fsp3) is 0.238. The maximum absolute atomic E-state index is 12.6. The Morgan fingerprint density at radius 2 is 2.07 bits per heavy atom. The molecule has 0 saturated heterocycles. The first-order valence-electron chi connectivity index (χ1n) is 9.25. The number of carbonyl (C=O) groups excluding carboxylic acids is 2. The Balaban J connectivity index is 1.40. The average Bonchev–Trinajstić information content (AvgIpc) is 3.33. The van der Waals surface area contributed by atoms with E-state index in [0.29, 0.717) is 23.0 Å². The minimum absolute atomic E-state index is 0.0501. The smallest absolute Gasteiger partial charge is 0.257 e. The standard InChI is InChI=1S/C21H20N4O3S/c1-28-15-6-4-14(5-7-15)19(26)25-21-24-18-16(8-9-17(18)29-21)20(27)23-12-13-3-2-10-22-11-13/h2-7,10-11,16H,8-9,12H2,1H3,(H,23,27)(H,24,25,26)/t16-/m0/s1. The van der Waals surface area contributed by atoms with Gasteiger partial charge in [-0.15, -0.1) is 11.3 Å². The van der Waals surface area contributed by atoms with E-state index in [4.69, 9.17) is 4.74 Å². The molecule has 2 aromatic heterocycles. The monoisotopic (exact) mass is 408 g/mol. The highest BCUT2D eigenvalue weighted by Crippen LogP contribution is 2.38. The molecule has 29 heavy (non-hydrogen) atoms. The van der Waals surface area contributed by atoms with Crippen molar-refractivity contribution in [3.05, 3.63) is 70.5 Å². The first kappa shape index (κ1) is 19.1. The molecule has 0 unspecified atom stereocenters. The third-order valence-electron chi connectivity index (χ3n) is 4.80. The van der Waals surface area contributed by atoms with Gasteiger partial charge in [-0.05, 0) is 48.7 Å². The molecule has 3 aromatic rings. The van der Waals surface area contributed by atoms with Gasteiger partial charge in [-0.2, -0.15) is 0 Å². The van der Waals surface area contributed by atoms with Crippen LogP contribution < -0.4 is 15.4 Å². The lowest BCUT2D eigenvalue weighted by molar-refractivity contribution is -0.122. The van der Waals surface area contributed by atoms with Gasteiger partial charge in [0.15, 0.2) is 5.13 Å². The number of benzene rings is 1. The van der Waals surface area contributed by atoms with Crippen molar-refractivity contribution in [2.45, 2.75) is 25.3 Å². The number of aryl methyl sites for hydroxylation is 1. The summed E-state index contributed by atoms with van der Waals surface area (Å²) in [6.07, 6.45) is 4.96. The van der Waals surface area contributed by atoms with E-state index in [1.165, 1.54) is 11.3 Å². The molecule has 2 amide bonds. The number of amides is 2. The van der Waals surface area contributed by atoms with Crippen molar-refractivity contribution in [3.63, 3.8) is 0 Å². The van der Waals surface area contributed by atoms with Crippen LogP contribution in [-0.4, -0.2) is 28.9 Å². The van der Waals surface area contributed by atoms with Gasteiger partial charge in [0.05, 0.1) is 18.7 Å². The summed E-state index contributed by atoms with van der Waals surface area (Å²) in [5, 5.41) is 6.30. The number of rotatable bonds is 6. The third-order valence-corrected chi connectivity index (χ3v) is 5.84. The molecular formula is C21H20N4O3S. The van der Waals surface area contributed by atoms with Crippen molar-refractivity contribution in [1.29, 1.82) is 0 Å². The number of aromatic nitrogens is 2. The number of ether oxygens (including phenoxy) is 1. The summed E-state index contributed by atoms with van der Waals surface area (Å²) >= 11 is 1.43. The number of hydrogen-bond acceptors (Lipinski definition) is 6. The first-order chi connectivity index (χ1) is 14.1. The molecule has 0 spiro atoms. The summed E-state index contributed by atoms with van der Waals surface area (Å²) in [7, 11) is 1.58. The summed E-state index contributed by atoms with van der Waals surface area (Å²) in [5.41, 5.74) is 2.24. The zero-order chi connectivity index (χ0) is 20.2. The third kappa shape index (κ3) is 4.27. The Bertz CT molecular complexity index is 1020. The molecule has 8 heteroatoms. The van der Waals surface area contributed by atoms with Crippen LogP contribution in [0.25, 0.3) is 0 Å². The van der Waals surface area contributed by atoms with Crippen LogP contribution >= 0.6 is 11.3 Å². The Hall–Kier alpha value is -3.26. The molecule has 7 nitrogen and oxygen atoms in total. The molecule has 0 radical (unpaired) electrons. The van der Waals surface area contributed by atoms with Gasteiger partial charge >= 0.3 is 0 Å². The molecule has 0 fully saturated rings.